The van der Waals surface area contributed by atoms with Gasteiger partial charge in [0, 0.05) is 18.3 Å². The molecule has 148 valence electrons. The van der Waals surface area contributed by atoms with E-state index < -0.39 is 21.9 Å². The van der Waals surface area contributed by atoms with Crippen molar-refractivity contribution in [3.8, 4) is 0 Å². The van der Waals surface area contributed by atoms with Crippen LogP contribution in [-0.2, 0) is 24.3 Å². The van der Waals surface area contributed by atoms with Crippen LogP contribution >= 0.6 is 0 Å². The van der Waals surface area contributed by atoms with Crippen molar-refractivity contribution < 1.29 is 27.9 Å². The number of hydrogen-bond donors (Lipinski definition) is 3. The summed E-state index contributed by atoms with van der Waals surface area (Å²) in [6.45, 7) is 3.24. The van der Waals surface area contributed by atoms with E-state index in [0.717, 1.165) is 0 Å². The van der Waals surface area contributed by atoms with E-state index in [0.29, 0.717) is 5.69 Å². The highest BCUT2D eigenvalue weighted by atomic mass is 32.2. The number of benzene rings is 1. The predicted octanol–water partition coefficient (Wildman–Crippen LogP) is 0.0468. The molecule has 9 nitrogen and oxygen atoms in total. The average Bonchev–Trinajstić information content (AvgIpc) is 2.90. The van der Waals surface area contributed by atoms with E-state index >= 15 is 0 Å². The molecular weight excluding hydrogens is 374 g/mol. The number of nitrogens with zero attached hydrogens (tertiary/aromatic N) is 1. The van der Waals surface area contributed by atoms with Gasteiger partial charge in [0.2, 0.25) is 10.0 Å². The number of hydrogen-bond acceptors (Lipinski definition) is 7. The lowest BCUT2D eigenvalue weighted by molar-refractivity contribution is -0.136. The molecule has 1 aliphatic heterocycles. The molecular formula is C17H23N3O6S. The Bertz CT molecular complexity index is 863. The highest BCUT2D eigenvalue weighted by Crippen LogP contribution is 2.24. The fourth-order valence-corrected chi connectivity index (χ4v) is 3.91. The number of esters is 1. The van der Waals surface area contributed by atoms with Crippen LogP contribution in [0.4, 0.5) is 5.69 Å². The van der Waals surface area contributed by atoms with E-state index in [-0.39, 0.29) is 41.9 Å². The summed E-state index contributed by atoms with van der Waals surface area (Å²) in [5, 5.41) is 11.9. The van der Waals surface area contributed by atoms with Gasteiger partial charge in [-0.2, -0.15) is 0 Å². The monoisotopic (exact) mass is 397 g/mol. The van der Waals surface area contributed by atoms with Gasteiger partial charge in [-0.15, -0.1) is 0 Å². The van der Waals surface area contributed by atoms with E-state index in [1.54, 1.807) is 19.9 Å². The number of methoxy groups -OCH3 is 1. The molecule has 0 saturated carbocycles. The molecule has 0 bridgehead atoms. The maximum Gasteiger partial charge on any atom is 0.337 e. The summed E-state index contributed by atoms with van der Waals surface area (Å²) in [5.41, 5.74) is 0.448. The molecule has 0 aromatic heterocycles. The Morgan fingerprint density at radius 1 is 1.37 bits per heavy atom. The van der Waals surface area contributed by atoms with Crippen molar-refractivity contribution in [3.63, 3.8) is 0 Å². The minimum absolute atomic E-state index is 0.00128. The highest BCUT2D eigenvalue weighted by Gasteiger charge is 2.34. The van der Waals surface area contributed by atoms with Crippen molar-refractivity contribution in [3.05, 3.63) is 35.5 Å². The highest BCUT2D eigenvalue weighted by molar-refractivity contribution is 7.89. The van der Waals surface area contributed by atoms with Crippen LogP contribution in [0.3, 0.4) is 0 Å². The molecule has 0 unspecified atom stereocenters. The van der Waals surface area contributed by atoms with Crippen LogP contribution in [0.25, 0.3) is 0 Å². The molecule has 0 radical (unpaired) electrons. The zero-order valence-corrected chi connectivity index (χ0v) is 16.2. The zero-order valence-electron chi connectivity index (χ0n) is 15.4. The van der Waals surface area contributed by atoms with Crippen LogP contribution in [0, 0.1) is 0 Å². The minimum Gasteiger partial charge on any atom is -0.466 e. The number of anilines is 1. The van der Waals surface area contributed by atoms with Crippen LogP contribution in [0.15, 0.2) is 40.4 Å². The molecule has 2 rings (SSSR count). The summed E-state index contributed by atoms with van der Waals surface area (Å²) in [7, 11) is -2.50. The molecule has 1 aromatic carbocycles. The van der Waals surface area contributed by atoms with Crippen molar-refractivity contribution in [1.82, 2.24) is 9.62 Å². The van der Waals surface area contributed by atoms with Crippen LogP contribution in [-0.4, -0.2) is 63.1 Å². The topological polar surface area (TPSA) is 125 Å². The number of sulfonamides is 1. The molecule has 0 atom stereocenters. The molecule has 1 aromatic rings. The van der Waals surface area contributed by atoms with Crippen molar-refractivity contribution in [2.45, 2.75) is 24.8 Å². The molecule has 27 heavy (non-hydrogen) atoms. The lowest BCUT2D eigenvalue weighted by Gasteiger charge is -2.15. The van der Waals surface area contributed by atoms with Crippen molar-refractivity contribution in [1.29, 1.82) is 0 Å². The number of carbonyl (C=O) groups excluding carboxylic acids is 2. The average molecular weight is 397 g/mol. The summed E-state index contributed by atoms with van der Waals surface area (Å²) >= 11 is 0. The van der Waals surface area contributed by atoms with Crippen LogP contribution in [0.2, 0.25) is 0 Å². The Morgan fingerprint density at radius 2 is 2.07 bits per heavy atom. The Hall–Kier alpha value is -2.43. The third kappa shape index (κ3) is 4.85. The fourth-order valence-electron chi connectivity index (χ4n) is 2.61. The van der Waals surface area contributed by atoms with Gasteiger partial charge in [-0.3, -0.25) is 4.79 Å². The summed E-state index contributed by atoms with van der Waals surface area (Å²) in [6, 6.07) is 5.64. The maximum absolute atomic E-state index is 12.5. The largest absolute Gasteiger partial charge is 0.466 e. The second kappa shape index (κ2) is 8.51. The van der Waals surface area contributed by atoms with Crippen LogP contribution in [0.1, 0.15) is 13.8 Å². The first-order valence-electron chi connectivity index (χ1n) is 8.30. The number of amides is 1. The van der Waals surface area contributed by atoms with E-state index in [9.17, 15) is 18.0 Å². The Labute approximate surface area is 158 Å². The fraction of sp³-hybridized carbons (Fsp3) is 0.412. The summed E-state index contributed by atoms with van der Waals surface area (Å²) in [6.07, 6.45) is 0. The number of carbonyl (C=O) groups is 2. The van der Waals surface area contributed by atoms with Crippen LogP contribution in [0.5, 0.6) is 0 Å². The van der Waals surface area contributed by atoms with Gasteiger partial charge in [0.1, 0.15) is 5.70 Å². The SMILES string of the molecule is COC(=O)C1=C(Nc2cccc(S(=O)(=O)NC(C)C)c2)C(=O)N(CCO)C1. The third-order valence-corrected chi connectivity index (χ3v) is 5.41. The molecule has 1 amide bonds. The van der Waals surface area contributed by atoms with Crippen molar-refractivity contribution in [2.24, 2.45) is 0 Å². The number of nitrogens with one attached hydrogen (secondary N) is 2. The van der Waals surface area contributed by atoms with Gasteiger partial charge in [-0.25, -0.2) is 17.9 Å². The van der Waals surface area contributed by atoms with Gasteiger partial charge in [0.25, 0.3) is 5.91 Å². The zero-order chi connectivity index (χ0) is 20.2. The van der Waals surface area contributed by atoms with Gasteiger partial charge in [0.05, 0.1) is 30.7 Å². The van der Waals surface area contributed by atoms with Gasteiger partial charge in [-0.1, -0.05) is 6.07 Å². The standard InChI is InChI=1S/C17H23N3O6S/c1-11(2)19-27(24,25)13-6-4-5-12(9-13)18-15-14(17(23)26-3)10-20(7-8-21)16(15)22/h4-6,9,11,18-19,21H,7-8,10H2,1-3H3. The van der Waals surface area contributed by atoms with Gasteiger partial charge < -0.3 is 20.1 Å². The quantitative estimate of drug-likeness (QED) is 0.529. The summed E-state index contributed by atoms with van der Waals surface area (Å²) < 4.78 is 31.8. The molecule has 0 spiro atoms. The van der Waals surface area contributed by atoms with E-state index in [4.69, 9.17) is 9.84 Å². The van der Waals surface area contributed by atoms with Gasteiger partial charge in [0.15, 0.2) is 0 Å². The van der Waals surface area contributed by atoms with E-state index in [1.807, 2.05) is 0 Å². The summed E-state index contributed by atoms with van der Waals surface area (Å²) in [5.74, 6) is -1.14. The molecule has 3 N–H and O–H groups in total. The van der Waals surface area contributed by atoms with Crippen molar-refractivity contribution >= 4 is 27.6 Å². The first-order valence-corrected chi connectivity index (χ1v) is 9.79. The Morgan fingerprint density at radius 3 is 2.67 bits per heavy atom. The van der Waals surface area contributed by atoms with E-state index in [2.05, 4.69) is 10.0 Å². The Balaban J connectivity index is 2.35. The first kappa shape index (κ1) is 20.9. The predicted molar refractivity (Wildman–Crippen MR) is 98.2 cm³/mol. The number of aliphatic hydroxyl groups excluding tert-OH is 1. The van der Waals surface area contributed by atoms with Crippen LogP contribution < -0.4 is 10.0 Å². The third-order valence-electron chi connectivity index (χ3n) is 3.76. The maximum atomic E-state index is 12.5. The number of aliphatic hydroxyl groups is 1. The molecule has 10 heteroatoms. The normalized spacial score (nSPS) is 14.9. The molecule has 1 heterocycles. The molecule has 0 fully saturated rings. The smallest absolute Gasteiger partial charge is 0.337 e. The number of rotatable bonds is 8. The first-order chi connectivity index (χ1) is 12.7. The lowest BCUT2D eigenvalue weighted by atomic mass is 10.2. The summed E-state index contributed by atoms with van der Waals surface area (Å²) in [4.78, 5) is 25.8. The second-order valence-corrected chi connectivity index (χ2v) is 7.94. The van der Waals surface area contributed by atoms with E-state index in [1.165, 1.54) is 30.2 Å². The molecule has 0 saturated heterocycles. The van der Waals surface area contributed by atoms with Gasteiger partial charge in [-0.05, 0) is 32.0 Å². The van der Waals surface area contributed by atoms with Gasteiger partial charge >= 0.3 is 5.97 Å². The molecule has 1 aliphatic rings. The van der Waals surface area contributed by atoms with Crippen molar-refractivity contribution in [2.75, 3.05) is 32.1 Å². The molecule has 0 aliphatic carbocycles. The number of ether oxygens (including phenoxy) is 1. The number of β-amino-alcohol motifs (C(OH)–C–C–N with tert-alkyl or cyclic N) is 1. The second-order valence-electron chi connectivity index (χ2n) is 6.22. The Kier molecular flexibility index (Phi) is 6.58. The lowest BCUT2D eigenvalue weighted by Crippen LogP contribution is -2.31. The minimum atomic E-state index is -3.71.